The molecule has 0 spiro atoms. The number of aromatic nitrogens is 3. The largest absolute Gasteiger partial charge is 0.360 e. The second-order valence-electron chi connectivity index (χ2n) is 6.47. The number of nitrogens with one attached hydrogen (secondary N) is 1. The number of thiophene rings is 1. The molecule has 4 heterocycles. The number of anilines is 1. The average Bonchev–Trinajstić information content (AvgIpc) is 3.33. The second kappa shape index (κ2) is 9.03. The van der Waals surface area contributed by atoms with Crippen molar-refractivity contribution in [1.29, 1.82) is 0 Å². The first-order chi connectivity index (χ1) is 12.3. The molecule has 0 atom stereocenters. The van der Waals surface area contributed by atoms with Crippen molar-refractivity contribution in [2.75, 3.05) is 38.1 Å². The molecule has 1 fully saturated rings. The van der Waals surface area contributed by atoms with Crippen molar-refractivity contribution in [2.45, 2.75) is 32.4 Å². The molecule has 2 aliphatic heterocycles. The van der Waals surface area contributed by atoms with E-state index in [1.165, 1.54) is 17.8 Å². The standard InChI is InChI=1S/C17H25N7S.HI/c1-18-17(19-13-15-21-20-14-5-2-3-7-24(14)15)23-10-8-22(9-11-23)16-6-4-12-25-16;/h4,6,12H,2-3,5,7-11,13H2,1H3,(H,18,19);1H. The molecule has 26 heavy (non-hydrogen) atoms. The molecular weight excluding hydrogens is 461 g/mol. The molecular formula is C17H26IN7S. The molecule has 1 saturated heterocycles. The summed E-state index contributed by atoms with van der Waals surface area (Å²) in [5, 5.41) is 15.7. The Hall–Kier alpha value is -1.36. The van der Waals surface area contributed by atoms with Crippen LogP contribution in [0.5, 0.6) is 0 Å². The van der Waals surface area contributed by atoms with Crippen LogP contribution in [0.3, 0.4) is 0 Å². The third kappa shape index (κ3) is 4.13. The molecule has 142 valence electrons. The van der Waals surface area contributed by atoms with Crippen LogP contribution in [-0.2, 0) is 19.5 Å². The van der Waals surface area contributed by atoms with Gasteiger partial charge in [-0.1, -0.05) is 0 Å². The molecule has 7 nitrogen and oxygen atoms in total. The van der Waals surface area contributed by atoms with E-state index in [0.29, 0.717) is 6.54 Å². The van der Waals surface area contributed by atoms with E-state index < -0.39 is 0 Å². The van der Waals surface area contributed by atoms with Gasteiger partial charge in [-0.25, -0.2) is 0 Å². The highest BCUT2D eigenvalue weighted by atomic mass is 127. The Kier molecular flexibility index (Phi) is 6.74. The van der Waals surface area contributed by atoms with E-state index in [9.17, 15) is 0 Å². The topological polar surface area (TPSA) is 61.6 Å². The number of hydrogen-bond acceptors (Lipinski definition) is 5. The van der Waals surface area contributed by atoms with Gasteiger partial charge in [0.05, 0.1) is 11.5 Å². The predicted octanol–water partition coefficient (Wildman–Crippen LogP) is 2.19. The van der Waals surface area contributed by atoms with Crippen LogP contribution in [-0.4, -0.2) is 58.9 Å². The fourth-order valence-electron chi connectivity index (χ4n) is 3.58. The lowest BCUT2D eigenvalue weighted by Gasteiger charge is -2.37. The zero-order valence-electron chi connectivity index (χ0n) is 15.1. The third-order valence-corrected chi connectivity index (χ3v) is 5.88. The third-order valence-electron chi connectivity index (χ3n) is 4.95. The highest BCUT2D eigenvalue weighted by molar-refractivity contribution is 14.0. The van der Waals surface area contributed by atoms with Gasteiger partial charge in [0, 0.05) is 46.2 Å². The van der Waals surface area contributed by atoms with Gasteiger partial charge in [0.2, 0.25) is 0 Å². The minimum absolute atomic E-state index is 0. The number of guanidine groups is 1. The Bertz CT molecular complexity index is 720. The first-order valence-electron chi connectivity index (χ1n) is 9.00. The van der Waals surface area contributed by atoms with Gasteiger partial charge in [0.15, 0.2) is 11.8 Å². The number of fused-ring (bicyclic) bond motifs is 1. The van der Waals surface area contributed by atoms with Gasteiger partial charge in [-0.2, -0.15) is 0 Å². The first-order valence-corrected chi connectivity index (χ1v) is 9.88. The van der Waals surface area contributed by atoms with Gasteiger partial charge in [-0.05, 0) is 30.4 Å². The number of hydrogen-bond donors (Lipinski definition) is 1. The zero-order valence-corrected chi connectivity index (χ0v) is 18.2. The molecule has 2 aliphatic rings. The number of nitrogens with zero attached hydrogens (tertiary/aromatic N) is 6. The normalized spacial score (nSPS) is 17.7. The van der Waals surface area contributed by atoms with Gasteiger partial charge in [-0.15, -0.1) is 45.5 Å². The lowest BCUT2D eigenvalue weighted by molar-refractivity contribution is 0.372. The molecule has 0 aromatic carbocycles. The molecule has 2 aromatic heterocycles. The molecule has 1 N–H and O–H groups in total. The van der Waals surface area contributed by atoms with E-state index >= 15 is 0 Å². The first kappa shape index (κ1) is 19.4. The Morgan fingerprint density at radius 2 is 2.04 bits per heavy atom. The fourth-order valence-corrected chi connectivity index (χ4v) is 4.36. The summed E-state index contributed by atoms with van der Waals surface area (Å²) in [4.78, 5) is 9.25. The Morgan fingerprint density at radius 1 is 1.19 bits per heavy atom. The lowest BCUT2D eigenvalue weighted by atomic mass is 10.2. The maximum Gasteiger partial charge on any atom is 0.194 e. The summed E-state index contributed by atoms with van der Waals surface area (Å²) in [6.45, 7) is 5.75. The highest BCUT2D eigenvalue weighted by Crippen LogP contribution is 2.22. The SMILES string of the molecule is CN=C(NCc1nnc2n1CCCC2)N1CCN(c2cccs2)CC1.I. The van der Waals surface area contributed by atoms with E-state index in [0.717, 1.165) is 56.8 Å². The molecule has 0 saturated carbocycles. The quantitative estimate of drug-likeness (QED) is 0.409. The Balaban J connectivity index is 0.00000196. The zero-order chi connectivity index (χ0) is 17.1. The average molecular weight is 487 g/mol. The lowest BCUT2D eigenvalue weighted by Crippen LogP contribution is -2.52. The summed E-state index contributed by atoms with van der Waals surface area (Å²) in [6.07, 6.45) is 3.49. The van der Waals surface area contributed by atoms with Crippen molar-refractivity contribution < 1.29 is 0 Å². The van der Waals surface area contributed by atoms with Crippen LogP contribution in [0, 0.1) is 0 Å². The van der Waals surface area contributed by atoms with Crippen molar-refractivity contribution >= 4 is 46.3 Å². The van der Waals surface area contributed by atoms with Gasteiger partial charge in [0.1, 0.15) is 5.82 Å². The fraction of sp³-hybridized carbons (Fsp3) is 0.588. The highest BCUT2D eigenvalue weighted by Gasteiger charge is 2.21. The summed E-state index contributed by atoms with van der Waals surface area (Å²) < 4.78 is 2.26. The van der Waals surface area contributed by atoms with E-state index in [1.807, 2.05) is 18.4 Å². The van der Waals surface area contributed by atoms with Gasteiger partial charge >= 0.3 is 0 Å². The van der Waals surface area contributed by atoms with Gasteiger partial charge < -0.3 is 19.7 Å². The molecule has 2 aromatic rings. The summed E-state index contributed by atoms with van der Waals surface area (Å²) in [5.74, 6) is 3.11. The summed E-state index contributed by atoms with van der Waals surface area (Å²) in [6, 6.07) is 4.31. The number of piperazine rings is 1. The van der Waals surface area contributed by atoms with Crippen molar-refractivity contribution in [3.63, 3.8) is 0 Å². The van der Waals surface area contributed by atoms with Crippen LogP contribution in [0.4, 0.5) is 5.00 Å². The van der Waals surface area contributed by atoms with Crippen LogP contribution in [0.2, 0.25) is 0 Å². The molecule has 0 unspecified atom stereocenters. The molecule has 0 aliphatic carbocycles. The summed E-state index contributed by atoms with van der Waals surface area (Å²) in [7, 11) is 1.85. The van der Waals surface area contributed by atoms with Crippen LogP contribution < -0.4 is 10.2 Å². The Morgan fingerprint density at radius 3 is 2.77 bits per heavy atom. The number of aliphatic imine (C=N–C) groups is 1. The monoisotopic (exact) mass is 487 g/mol. The van der Waals surface area contributed by atoms with Gasteiger partial charge in [0.25, 0.3) is 0 Å². The van der Waals surface area contributed by atoms with Crippen molar-refractivity contribution in [3.05, 3.63) is 29.2 Å². The van der Waals surface area contributed by atoms with E-state index in [-0.39, 0.29) is 24.0 Å². The van der Waals surface area contributed by atoms with Crippen molar-refractivity contribution in [1.82, 2.24) is 25.0 Å². The number of halogens is 1. The molecule has 0 bridgehead atoms. The van der Waals surface area contributed by atoms with Crippen molar-refractivity contribution in [3.8, 4) is 0 Å². The summed E-state index contributed by atoms with van der Waals surface area (Å²) >= 11 is 1.81. The van der Waals surface area contributed by atoms with Crippen LogP contribution >= 0.6 is 35.3 Å². The predicted molar refractivity (Wildman–Crippen MR) is 117 cm³/mol. The molecule has 9 heteroatoms. The number of rotatable bonds is 3. The maximum absolute atomic E-state index is 4.47. The Labute approximate surface area is 175 Å². The molecule has 0 amide bonds. The second-order valence-corrected chi connectivity index (χ2v) is 7.39. The minimum atomic E-state index is 0. The van der Waals surface area contributed by atoms with Crippen LogP contribution in [0.25, 0.3) is 0 Å². The summed E-state index contributed by atoms with van der Waals surface area (Å²) in [5.41, 5.74) is 0. The maximum atomic E-state index is 4.47. The smallest absolute Gasteiger partial charge is 0.194 e. The number of aryl methyl sites for hydroxylation is 1. The van der Waals surface area contributed by atoms with Crippen LogP contribution in [0.1, 0.15) is 24.5 Å². The van der Waals surface area contributed by atoms with Crippen molar-refractivity contribution in [2.24, 2.45) is 4.99 Å². The molecule has 4 rings (SSSR count). The molecule has 0 radical (unpaired) electrons. The van der Waals surface area contributed by atoms with Crippen LogP contribution in [0.15, 0.2) is 22.5 Å². The van der Waals surface area contributed by atoms with E-state index in [1.54, 1.807) is 0 Å². The minimum Gasteiger partial charge on any atom is -0.360 e. The van der Waals surface area contributed by atoms with Gasteiger partial charge in [-0.3, -0.25) is 4.99 Å². The van der Waals surface area contributed by atoms with E-state index in [2.05, 4.69) is 52.4 Å². The van der Waals surface area contributed by atoms with E-state index in [4.69, 9.17) is 0 Å².